The fraction of sp³-hybridized carbons (Fsp3) is 0.646. The monoisotopic (exact) mass is 1790 g/mol. The third-order valence-electron chi connectivity index (χ3n) is 21.8. The lowest BCUT2D eigenvalue weighted by Gasteiger charge is -2.47. The molecule has 15 heterocycles. The molecule has 662 valence electrons. The molecule has 7 aliphatic heterocycles. The number of ether oxygens (including phenoxy) is 5. The second-order valence-electron chi connectivity index (χ2n) is 30.9. The molecule has 15 unspecified atom stereocenters. The third-order valence-corrected chi connectivity index (χ3v) is 34.2. The molecule has 0 spiro atoms. The van der Waals surface area contributed by atoms with Gasteiger partial charge in [0.05, 0.1) is 109 Å². The Morgan fingerprint density at radius 1 is 0.455 bits per heavy atom. The van der Waals surface area contributed by atoms with Crippen LogP contribution in [0.4, 0.5) is 23.4 Å². The largest absolute Gasteiger partial charge is 0.383 e. The molecule has 0 amide bonds. The lowest BCUT2D eigenvalue weighted by molar-refractivity contribution is -0.134. The minimum atomic E-state index is -4.45. The van der Waals surface area contributed by atoms with Crippen molar-refractivity contribution in [2.75, 3.05) is 230 Å². The summed E-state index contributed by atoms with van der Waals surface area (Å²) in [5.74, 6) is -0.0189. The van der Waals surface area contributed by atoms with Gasteiger partial charge in [-0.2, -0.15) is 9.97 Å². The number of morpholine rings is 5. The van der Waals surface area contributed by atoms with Crippen molar-refractivity contribution in [3.63, 3.8) is 0 Å². The summed E-state index contributed by atoms with van der Waals surface area (Å²) in [6.45, 7) is 3.99. The van der Waals surface area contributed by atoms with Crippen molar-refractivity contribution in [2.45, 2.75) is 68.6 Å². The maximum Gasteiger partial charge on any atom is 0.351 e. The number of nitrogens with zero attached hydrogens (tertiary/aromatic N) is 24. The van der Waals surface area contributed by atoms with Gasteiger partial charge in [0.15, 0.2) is 46.5 Å². The fourth-order valence-corrected chi connectivity index (χ4v) is 25.6. The van der Waals surface area contributed by atoms with Crippen LogP contribution in [-0.2, 0) is 69.1 Å². The van der Waals surface area contributed by atoms with Crippen LogP contribution in [0.25, 0.3) is 33.5 Å². The second-order valence-corrected chi connectivity index (χ2v) is 43.5. The molecule has 0 radical (unpaired) electrons. The molecular weight excluding hydrogens is 1690 g/mol. The van der Waals surface area contributed by atoms with Crippen LogP contribution in [0.5, 0.6) is 0 Å². The Labute approximate surface area is 692 Å². The Balaban J connectivity index is 0.719. The lowest BCUT2D eigenvalue weighted by Crippen LogP contribution is -2.52. The van der Waals surface area contributed by atoms with Crippen LogP contribution in [0.15, 0.2) is 69.3 Å². The number of likely N-dealkylation sites (N-methyl/N-ethyl adjacent to an activating group) is 1. The molecule has 121 heavy (non-hydrogen) atoms. The molecule has 8 aromatic rings. The van der Waals surface area contributed by atoms with E-state index in [1.807, 2.05) is 16.6 Å². The Kier molecular flexibility index (Phi) is 26.4. The normalized spacial score (nSPS) is 27.3. The molecule has 0 aliphatic carbocycles. The average Bonchev–Trinajstić information content (AvgIpc) is 1.74. The molecule has 7 aliphatic rings. The van der Waals surface area contributed by atoms with Crippen LogP contribution in [-0.4, -0.2) is 362 Å². The SMILES string of the molecule is Cc1cn(C2CN(P(=O)(OCC3CN(C)CC(n4ccc(N)nc4=O)O3)N(C)C)CC(COP(=O)(N(C)C)N3CC(COP(=O)(N(C)C)N4CC(COP(=O)(N5CCNCC5)N5CC(COP(C)(=O)N6CCNCC6)OC(n6cnc7c(N)ncnc76)C5)OC(n5cnc6c(N)ncnc65)C4)OC(n4cnc5c(=O)[nH]c(N)nc54)C3)O2)c(=O)[nH]c1=O. The van der Waals surface area contributed by atoms with Crippen LogP contribution in [0.2, 0.25) is 0 Å². The van der Waals surface area contributed by atoms with Gasteiger partial charge in [-0.15, -0.1) is 0 Å². The van der Waals surface area contributed by atoms with Gasteiger partial charge in [-0.3, -0.25) is 70.1 Å². The Morgan fingerprint density at radius 3 is 1.35 bits per heavy atom. The lowest BCUT2D eigenvalue weighted by atomic mass is 10.3. The maximum atomic E-state index is 16.8. The summed E-state index contributed by atoms with van der Waals surface area (Å²) >= 11 is 0. The quantitative estimate of drug-likeness (QED) is 0.0253. The molecule has 51 nitrogen and oxygen atoms in total. The van der Waals surface area contributed by atoms with E-state index in [4.69, 9.17) is 69.2 Å². The van der Waals surface area contributed by atoms with E-state index in [-0.39, 0.29) is 130 Å². The van der Waals surface area contributed by atoms with E-state index in [0.717, 1.165) is 4.57 Å². The molecule has 7 saturated heterocycles. The van der Waals surface area contributed by atoms with E-state index in [0.29, 0.717) is 63.5 Å². The van der Waals surface area contributed by atoms with Gasteiger partial charge in [0.1, 0.15) is 48.2 Å². The summed E-state index contributed by atoms with van der Waals surface area (Å²) in [6, 6.07) is 1.47. The number of aromatic amines is 2. The van der Waals surface area contributed by atoms with Crippen molar-refractivity contribution in [3.05, 3.63) is 97.3 Å². The predicted molar refractivity (Wildman–Crippen MR) is 438 cm³/mol. The number of nitrogen functional groups attached to an aromatic ring is 4. The Morgan fingerprint density at radius 2 is 0.868 bits per heavy atom. The number of aromatic nitrogens is 16. The van der Waals surface area contributed by atoms with Gasteiger partial charge < -0.3 is 79.9 Å². The van der Waals surface area contributed by atoms with Gasteiger partial charge in [-0.1, -0.05) is 0 Å². The number of hydrogen-bond acceptors (Lipinski definition) is 35. The van der Waals surface area contributed by atoms with Gasteiger partial charge in [-0.25, -0.2) is 86.5 Å². The van der Waals surface area contributed by atoms with Crippen LogP contribution in [0, 0.1) is 6.92 Å². The molecule has 15 rings (SSSR count). The summed E-state index contributed by atoms with van der Waals surface area (Å²) < 4.78 is 168. The van der Waals surface area contributed by atoms with Crippen molar-refractivity contribution in [3.8, 4) is 0 Å². The van der Waals surface area contributed by atoms with Crippen molar-refractivity contribution in [2.24, 2.45) is 0 Å². The molecule has 15 atom stereocenters. The molecule has 0 bridgehead atoms. The number of imidazole rings is 3. The third kappa shape index (κ3) is 18.5. The van der Waals surface area contributed by atoms with E-state index in [9.17, 15) is 23.7 Å². The number of aryl methyl sites for hydroxylation is 1. The fourth-order valence-electron chi connectivity index (χ4n) is 15.6. The molecule has 12 N–H and O–H groups in total. The molecule has 56 heteroatoms. The topological polar surface area (TPSA) is 579 Å². The predicted octanol–water partition coefficient (Wildman–Crippen LogP) is -1.30. The van der Waals surface area contributed by atoms with E-state index in [2.05, 4.69) is 65.5 Å². The van der Waals surface area contributed by atoms with Crippen molar-refractivity contribution >= 4 is 95.1 Å². The highest BCUT2D eigenvalue weighted by atomic mass is 31.2. The molecule has 0 aromatic carbocycles. The first-order chi connectivity index (χ1) is 57.7. The van der Waals surface area contributed by atoms with Gasteiger partial charge in [0.25, 0.3) is 18.6 Å². The van der Waals surface area contributed by atoms with E-state index >= 15 is 18.3 Å². The summed E-state index contributed by atoms with van der Waals surface area (Å²) in [5, 5.41) is 6.63. The molecular formula is C65H103N32O19P5. The zero-order valence-corrected chi connectivity index (χ0v) is 72.7. The Hall–Kier alpha value is -7.52. The minimum absolute atomic E-state index is 0.0110. The first kappa shape index (κ1) is 88.3. The summed E-state index contributed by atoms with van der Waals surface area (Å²) in [4.78, 5) is 98.9. The van der Waals surface area contributed by atoms with Crippen LogP contribution in [0.3, 0.4) is 0 Å². The van der Waals surface area contributed by atoms with E-state index in [1.54, 1.807) is 58.0 Å². The van der Waals surface area contributed by atoms with Gasteiger partial charge >= 0.3 is 42.1 Å². The average molecular weight is 1790 g/mol. The standard InChI is InChI=1S/C65H103N32O19P5/c1-41-20-94(65(101)82-61(41)98)49-27-89(118(103,83(2)3)108-32-42-21-86(8)26-48(112-42)93-15-10-47(66)79-64(93)100)22-44(113-49)33-109-120(105,85(6)7)91-23-45(116-52(29-91)97-40-78-55-60(97)80-63(69)81-62(55)99)34-110-119(104,84(4)5)90-24-46(115-50(28-90)95-38-76-53-56(67)72-36-74-58(53)95)35-111-121(106,88-18-13-71-14-19-88)92-25-43(31-107-117(9,102)87-16-11-70-12-17-87)114-51(30-92)96-39-77-54-57(68)73-37-75-59(54)96/h10,15,20,36-40,42-46,48-52,70-71H,11-14,16-19,21-35H2,1-9H3,(H2,66,79,100)(H2,67,72,74)(H2,68,73,75)(H,82,98,101)(H3,69,80,81,99). The second kappa shape index (κ2) is 36.2. The number of anilines is 4. The maximum absolute atomic E-state index is 16.8. The number of nitrogens with two attached hydrogens (primary N) is 4. The van der Waals surface area contributed by atoms with Crippen LogP contribution < -0.4 is 56.1 Å². The van der Waals surface area contributed by atoms with Gasteiger partial charge in [0, 0.05) is 116 Å². The highest BCUT2D eigenvalue weighted by molar-refractivity contribution is 7.56. The zero-order chi connectivity index (χ0) is 85.8. The zero-order valence-electron chi connectivity index (χ0n) is 68.2. The summed E-state index contributed by atoms with van der Waals surface area (Å²) in [7, 11) is -9.64. The highest BCUT2D eigenvalue weighted by Crippen LogP contribution is 2.61. The highest BCUT2D eigenvalue weighted by Gasteiger charge is 2.52. The first-order valence-corrected chi connectivity index (χ1v) is 47.2. The molecule has 0 saturated carbocycles. The van der Waals surface area contributed by atoms with Crippen LogP contribution >= 0.6 is 38.2 Å². The number of hydrogen-bond donors (Lipinski definition) is 8. The van der Waals surface area contributed by atoms with Crippen LogP contribution in [0.1, 0.15) is 36.7 Å². The summed E-state index contributed by atoms with van der Waals surface area (Å²) in [6.07, 6.45) is -0.832. The smallest absolute Gasteiger partial charge is 0.351 e. The van der Waals surface area contributed by atoms with Gasteiger partial charge in [0.2, 0.25) is 5.95 Å². The van der Waals surface area contributed by atoms with Crippen molar-refractivity contribution in [1.29, 1.82) is 0 Å². The minimum Gasteiger partial charge on any atom is -0.383 e. The summed E-state index contributed by atoms with van der Waals surface area (Å²) in [5.41, 5.74) is 23.0. The number of piperazine rings is 2. The van der Waals surface area contributed by atoms with E-state index < -0.39 is 142 Å². The van der Waals surface area contributed by atoms with Crippen molar-refractivity contribution in [1.82, 2.24) is 135 Å². The van der Waals surface area contributed by atoms with Crippen molar-refractivity contribution < 1.29 is 69.1 Å². The Bertz CT molecular complexity index is 5570. The van der Waals surface area contributed by atoms with Gasteiger partial charge in [-0.05, 0) is 62.3 Å². The number of rotatable bonds is 29. The number of nitrogens with one attached hydrogen (secondary N) is 4. The number of fused-ring (bicyclic) bond motifs is 3. The van der Waals surface area contributed by atoms with E-state index in [1.165, 1.54) is 104 Å². The number of H-pyrrole nitrogens is 2. The first-order valence-electron chi connectivity index (χ1n) is 39.1. The molecule has 8 aromatic heterocycles. The molecule has 7 fully saturated rings.